The summed E-state index contributed by atoms with van der Waals surface area (Å²) >= 11 is 0. The van der Waals surface area contributed by atoms with Crippen molar-refractivity contribution >= 4 is 23.4 Å². The molecule has 0 unspecified atom stereocenters. The molecule has 0 radical (unpaired) electrons. The zero-order chi connectivity index (χ0) is 15.4. The van der Waals surface area contributed by atoms with E-state index in [2.05, 4.69) is 15.7 Å². The fourth-order valence-electron chi connectivity index (χ4n) is 1.66. The molecule has 2 rings (SSSR count). The third-order valence-electron chi connectivity index (χ3n) is 2.56. The van der Waals surface area contributed by atoms with Gasteiger partial charge in [-0.25, -0.2) is 9.18 Å². The number of carbonyl (C=O) groups excluding carboxylic acids is 1. The molecule has 2 aromatic rings. The summed E-state index contributed by atoms with van der Waals surface area (Å²) in [5.41, 5.74) is 1.10. The standard InChI is InChI=1S/C13H13FN4O3/c1-8-2-3-11(10(14)4-8)17-13(21)16-9-5-15-18(6-9)7-12(19)20/h2-6H,7H2,1H3,(H,19,20)(H2,16,17,21). The van der Waals surface area contributed by atoms with Crippen LogP contribution < -0.4 is 10.6 Å². The number of hydrogen-bond acceptors (Lipinski definition) is 3. The molecule has 0 bridgehead atoms. The quantitative estimate of drug-likeness (QED) is 0.803. The topological polar surface area (TPSA) is 96.3 Å². The number of nitrogens with zero attached hydrogens (tertiary/aromatic N) is 2. The number of carboxylic acids is 1. The fraction of sp³-hybridized carbons (Fsp3) is 0.154. The second-order valence-corrected chi connectivity index (χ2v) is 4.38. The van der Waals surface area contributed by atoms with Crippen molar-refractivity contribution in [3.8, 4) is 0 Å². The van der Waals surface area contributed by atoms with Gasteiger partial charge in [-0.15, -0.1) is 0 Å². The summed E-state index contributed by atoms with van der Waals surface area (Å²) < 4.78 is 14.7. The molecule has 1 aromatic heterocycles. The van der Waals surface area contributed by atoms with E-state index in [0.29, 0.717) is 5.69 Å². The third-order valence-corrected chi connectivity index (χ3v) is 2.56. The molecule has 1 aromatic carbocycles. The average Bonchev–Trinajstić information content (AvgIpc) is 2.79. The van der Waals surface area contributed by atoms with E-state index < -0.39 is 17.8 Å². The molecule has 1 heterocycles. The summed E-state index contributed by atoms with van der Waals surface area (Å²) in [6.45, 7) is 1.43. The molecule has 8 heteroatoms. The zero-order valence-corrected chi connectivity index (χ0v) is 11.1. The molecule has 0 atom stereocenters. The van der Waals surface area contributed by atoms with Crippen LogP contribution in [0.25, 0.3) is 0 Å². The average molecular weight is 292 g/mol. The molecular weight excluding hydrogens is 279 g/mol. The SMILES string of the molecule is Cc1ccc(NC(=O)Nc2cnn(CC(=O)O)c2)c(F)c1. The van der Waals surface area contributed by atoms with Crippen LogP contribution in [0.5, 0.6) is 0 Å². The minimum absolute atomic E-state index is 0.0519. The third kappa shape index (κ3) is 4.03. The number of amides is 2. The van der Waals surface area contributed by atoms with Crippen molar-refractivity contribution in [3.05, 3.63) is 42.0 Å². The predicted octanol–water partition coefficient (Wildman–Crippen LogP) is 2.06. The number of rotatable bonds is 4. The highest BCUT2D eigenvalue weighted by Gasteiger charge is 2.09. The van der Waals surface area contributed by atoms with E-state index in [1.54, 1.807) is 13.0 Å². The van der Waals surface area contributed by atoms with Gasteiger partial charge in [0.05, 0.1) is 17.6 Å². The fourth-order valence-corrected chi connectivity index (χ4v) is 1.66. The van der Waals surface area contributed by atoms with E-state index in [-0.39, 0.29) is 12.2 Å². The minimum atomic E-state index is -1.05. The first-order chi connectivity index (χ1) is 9.94. The van der Waals surface area contributed by atoms with E-state index in [1.807, 2.05) is 0 Å². The lowest BCUT2D eigenvalue weighted by Gasteiger charge is -2.07. The van der Waals surface area contributed by atoms with Crippen molar-refractivity contribution < 1.29 is 19.1 Å². The molecule has 110 valence electrons. The molecule has 0 aliphatic carbocycles. The van der Waals surface area contributed by atoms with Crippen LogP contribution in [-0.4, -0.2) is 26.9 Å². The maximum atomic E-state index is 13.6. The van der Waals surface area contributed by atoms with Gasteiger partial charge in [0.1, 0.15) is 12.4 Å². The van der Waals surface area contributed by atoms with Crippen LogP contribution in [0.1, 0.15) is 5.56 Å². The maximum absolute atomic E-state index is 13.6. The van der Waals surface area contributed by atoms with E-state index >= 15 is 0 Å². The Kier molecular flexibility index (Phi) is 4.17. The largest absolute Gasteiger partial charge is 0.480 e. The number of aliphatic carboxylic acids is 1. The van der Waals surface area contributed by atoms with Gasteiger partial charge in [0, 0.05) is 6.20 Å². The maximum Gasteiger partial charge on any atom is 0.325 e. The number of urea groups is 1. The molecule has 0 spiro atoms. The summed E-state index contributed by atoms with van der Waals surface area (Å²) in [5, 5.41) is 17.2. The first kappa shape index (κ1) is 14.5. The molecule has 2 amide bonds. The molecule has 7 nitrogen and oxygen atoms in total. The number of carboxylic acid groups (broad SMARTS) is 1. The lowest BCUT2D eigenvalue weighted by atomic mass is 10.2. The molecule has 0 saturated heterocycles. The molecule has 0 fully saturated rings. The first-order valence-corrected chi connectivity index (χ1v) is 6.02. The molecule has 0 saturated carbocycles. The highest BCUT2D eigenvalue weighted by molar-refractivity contribution is 5.99. The molecule has 0 aliphatic rings. The molecular formula is C13H13FN4O3. The van der Waals surface area contributed by atoms with Gasteiger partial charge in [-0.2, -0.15) is 5.10 Å². The van der Waals surface area contributed by atoms with E-state index in [0.717, 1.165) is 10.2 Å². The van der Waals surface area contributed by atoms with Crippen LogP contribution >= 0.6 is 0 Å². The molecule has 3 N–H and O–H groups in total. The number of hydrogen-bond donors (Lipinski definition) is 3. The van der Waals surface area contributed by atoms with Crippen LogP contribution in [0.4, 0.5) is 20.6 Å². The van der Waals surface area contributed by atoms with E-state index in [1.165, 1.54) is 24.5 Å². The Morgan fingerprint density at radius 3 is 2.81 bits per heavy atom. The number of nitrogens with one attached hydrogen (secondary N) is 2. The monoisotopic (exact) mass is 292 g/mol. The molecule has 21 heavy (non-hydrogen) atoms. The van der Waals surface area contributed by atoms with Gasteiger partial charge in [-0.05, 0) is 24.6 Å². The van der Waals surface area contributed by atoms with Crippen LogP contribution in [-0.2, 0) is 11.3 Å². The number of aryl methyl sites for hydroxylation is 1. The Hall–Kier alpha value is -2.90. The Morgan fingerprint density at radius 2 is 2.14 bits per heavy atom. The number of halogens is 1. The van der Waals surface area contributed by atoms with Gasteiger partial charge in [0.25, 0.3) is 0 Å². The Balaban J connectivity index is 1.98. The van der Waals surface area contributed by atoms with Crippen molar-refractivity contribution in [3.63, 3.8) is 0 Å². The lowest BCUT2D eigenvalue weighted by Crippen LogP contribution is -2.20. The van der Waals surface area contributed by atoms with E-state index in [9.17, 15) is 14.0 Å². The normalized spacial score (nSPS) is 10.2. The Bertz CT molecular complexity index is 684. The summed E-state index contributed by atoms with van der Waals surface area (Å²) in [6, 6.07) is 3.79. The smallest absolute Gasteiger partial charge is 0.325 e. The van der Waals surface area contributed by atoms with Crippen molar-refractivity contribution in [2.45, 2.75) is 13.5 Å². The lowest BCUT2D eigenvalue weighted by molar-refractivity contribution is -0.137. The first-order valence-electron chi connectivity index (χ1n) is 6.02. The van der Waals surface area contributed by atoms with Crippen molar-refractivity contribution in [2.75, 3.05) is 10.6 Å². The second-order valence-electron chi connectivity index (χ2n) is 4.38. The van der Waals surface area contributed by atoms with E-state index in [4.69, 9.17) is 5.11 Å². The van der Waals surface area contributed by atoms with Gasteiger partial charge in [0.2, 0.25) is 0 Å². The predicted molar refractivity (Wildman–Crippen MR) is 73.6 cm³/mol. The number of carbonyl (C=O) groups is 2. The molecule has 0 aliphatic heterocycles. The summed E-state index contributed by atoms with van der Waals surface area (Å²) in [7, 11) is 0. The van der Waals surface area contributed by atoms with Crippen molar-refractivity contribution in [1.29, 1.82) is 0 Å². The zero-order valence-electron chi connectivity index (χ0n) is 11.1. The van der Waals surface area contributed by atoms with Crippen LogP contribution in [0.15, 0.2) is 30.6 Å². The van der Waals surface area contributed by atoms with Gasteiger partial charge in [0.15, 0.2) is 0 Å². The van der Waals surface area contributed by atoms with Crippen LogP contribution in [0.3, 0.4) is 0 Å². The van der Waals surface area contributed by atoms with Crippen LogP contribution in [0, 0.1) is 12.7 Å². The van der Waals surface area contributed by atoms with Crippen molar-refractivity contribution in [1.82, 2.24) is 9.78 Å². The van der Waals surface area contributed by atoms with Gasteiger partial charge in [-0.3, -0.25) is 9.48 Å². The number of anilines is 2. The summed E-state index contributed by atoms with van der Waals surface area (Å²) in [6.07, 6.45) is 2.66. The van der Waals surface area contributed by atoms with Crippen molar-refractivity contribution in [2.24, 2.45) is 0 Å². The van der Waals surface area contributed by atoms with Gasteiger partial charge < -0.3 is 15.7 Å². The van der Waals surface area contributed by atoms with Gasteiger partial charge in [-0.1, -0.05) is 6.07 Å². The minimum Gasteiger partial charge on any atom is -0.480 e. The summed E-state index contributed by atoms with van der Waals surface area (Å²) in [5.74, 6) is -1.58. The Labute approximate surface area is 119 Å². The highest BCUT2D eigenvalue weighted by atomic mass is 19.1. The second kappa shape index (κ2) is 6.04. The highest BCUT2D eigenvalue weighted by Crippen LogP contribution is 2.15. The van der Waals surface area contributed by atoms with Gasteiger partial charge >= 0.3 is 12.0 Å². The number of benzene rings is 1. The summed E-state index contributed by atoms with van der Waals surface area (Å²) in [4.78, 5) is 22.2. The van der Waals surface area contributed by atoms with Crippen LogP contribution in [0.2, 0.25) is 0 Å². The number of aromatic nitrogens is 2. The Morgan fingerprint density at radius 1 is 1.38 bits per heavy atom.